The first-order chi connectivity index (χ1) is 4.86. The standard InChI is InChI=1S/C5H3ClN4/c6-5-9-3-1-7-2-8-4(3)10-5/h1-2H,(H,7,8,9,10). The average Bonchev–Trinajstić information content (AvgIpc) is 2.27. The fourth-order valence-corrected chi connectivity index (χ4v) is 0.914. The van der Waals surface area contributed by atoms with Gasteiger partial charge in [-0.15, -0.1) is 0 Å². The first-order valence-corrected chi connectivity index (χ1v) is 3.05. The molecule has 50 valence electrons. The van der Waals surface area contributed by atoms with Gasteiger partial charge in [-0.1, -0.05) is 0 Å². The van der Waals surface area contributed by atoms with Gasteiger partial charge in [-0.3, -0.25) is 0 Å². The molecule has 1 N–H and O–H groups in total. The topological polar surface area (TPSA) is 54.5 Å². The lowest BCUT2D eigenvalue weighted by atomic mass is 10.6. The third kappa shape index (κ3) is 0.733. The third-order valence-corrected chi connectivity index (χ3v) is 1.31. The molecule has 0 aromatic carbocycles. The van der Waals surface area contributed by atoms with Crippen molar-refractivity contribution in [1.29, 1.82) is 0 Å². The second kappa shape index (κ2) is 1.91. The number of imidazole rings is 1. The predicted octanol–water partition coefficient (Wildman–Crippen LogP) is 1.01. The van der Waals surface area contributed by atoms with Gasteiger partial charge < -0.3 is 4.98 Å². The van der Waals surface area contributed by atoms with Crippen molar-refractivity contribution >= 4 is 22.8 Å². The summed E-state index contributed by atoms with van der Waals surface area (Å²) in [5.41, 5.74) is 1.35. The van der Waals surface area contributed by atoms with Crippen molar-refractivity contribution in [3.05, 3.63) is 17.8 Å². The summed E-state index contributed by atoms with van der Waals surface area (Å²) >= 11 is 5.55. The van der Waals surface area contributed by atoms with Crippen molar-refractivity contribution in [3.63, 3.8) is 0 Å². The summed E-state index contributed by atoms with van der Waals surface area (Å²) in [5.74, 6) is 0. The van der Waals surface area contributed by atoms with Gasteiger partial charge in [0.2, 0.25) is 5.28 Å². The summed E-state index contributed by atoms with van der Waals surface area (Å²) in [6.07, 6.45) is 3.06. The van der Waals surface area contributed by atoms with Gasteiger partial charge in [0.05, 0.1) is 6.20 Å². The number of aromatic nitrogens is 4. The van der Waals surface area contributed by atoms with Crippen LogP contribution in [-0.2, 0) is 0 Å². The van der Waals surface area contributed by atoms with Crippen LogP contribution in [0.5, 0.6) is 0 Å². The summed E-state index contributed by atoms with van der Waals surface area (Å²) < 4.78 is 0. The normalized spacial score (nSPS) is 10.5. The van der Waals surface area contributed by atoms with Crippen LogP contribution in [0, 0.1) is 0 Å². The highest BCUT2D eigenvalue weighted by atomic mass is 35.5. The zero-order valence-corrected chi connectivity index (χ0v) is 5.63. The third-order valence-electron chi connectivity index (χ3n) is 1.13. The van der Waals surface area contributed by atoms with Gasteiger partial charge in [-0.2, -0.15) is 4.98 Å². The van der Waals surface area contributed by atoms with E-state index in [-0.39, 0.29) is 0 Å². The predicted molar refractivity (Wildman–Crippen MR) is 36.7 cm³/mol. The van der Waals surface area contributed by atoms with Crippen LogP contribution < -0.4 is 0 Å². The Morgan fingerprint density at radius 1 is 1.50 bits per heavy atom. The lowest BCUT2D eigenvalue weighted by Crippen LogP contribution is -1.76. The number of aromatic amines is 1. The molecule has 2 rings (SSSR count). The van der Waals surface area contributed by atoms with E-state index in [2.05, 4.69) is 19.9 Å². The molecule has 0 fully saturated rings. The molecule has 0 saturated carbocycles. The van der Waals surface area contributed by atoms with Crippen LogP contribution in [0.2, 0.25) is 5.28 Å². The monoisotopic (exact) mass is 154 g/mol. The van der Waals surface area contributed by atoms with E-state index in [0.717, 1.165) is 5.52 Å². The summed E-state index contributed by atoms with van der Waals surface area (Å²) in [6.45, 7) is 0. The summed E-state index contributed by atoms with van der Waals surface area (Å²) in [4.78, 5) is 14.3. The summed E-state index contributed by atoms with van der Waals surface area (Å²) in [5, 5.41) is 0.343. The Bertz CT molecular complexity index is 322. The molecule has 0 saturated heterocycles. The smallest absolute Gasteiger partial charge is 0.202 e. The van der Waals surface area contributed by atoms with Crippen LogP contribution in [0.25, 0.3) is 11.2 Å². The molecular formula is C5H3ClN4. The van der Waals surface area contributed by atoms with Gasteiger partial charge in [0.1, 0.15) is 11.8 Å². The van der Waals surface area contributed by atoms with Crippen molar-refractivity contribution in [2.75, 3.05) is 0 Å². The summed E-state index contributed by atoms with van der Waals surface area (Å²) in [6, 6.07) is 0. The fraction of sp³-hybridized carbons (Fsp3) is 0. The minimum atomic E-state index is 0.343. The Morgan fingerprint density at radius 3 is 3.20 bits per heavy atom. The molecule has 0 aliphatic heterocycles. The minimum absolute atomic E-state index is 0.343. The minimum Gasteiger partial charge on any atom is -0.326 e. The fourth-order valence-electron chi connectivity index (χ4n) is 0.732. The van der Waals surface area contributed by atoms with E-state index in [1.54, 1.807) is 6.20 Å². The van der Waals surface area contributed by atoms with Crippen LogP contribution in [0.4, 0.5) is 0 Å². The van der Waals surface area contributed by atoms with Crippen LogP contribution in [0.1, 0.15) is 0 Å². The highest BCUT2D eigenvalue weighted by Gasteiger charge is 1.98. The molecule has 0 bridgehead atoms. The van der Waals surface area contributed by atoms with Crippen molar-refractivity contribution in [1.82, 2.24) is 19.9 Å². The van der Waals surface area contributed by atoms with Gasteiger partial charge in [0.25, 0.3) is 0 Å². The van der Waals surface area contributed by atoms with E-state index in [1.807, 2.05) is 0 Å². The molecule has 0 amide bonds. The number of halogens is 1. The van der Waals surface area contributed by atoms with E-state index in [0.29, 0.717) is 10.9 Å². The van der Waals surface area contributed by atoms with E-state index >= 15 is 0 Å². The second-order valence-corrected chi connectivity index (χ2v) is 2.15. The van der Waals surface area contributed by atoms with Gasteiger partial charge >= 0.3 is 0 Å². The maximum atomic E-state index is 5.55. The highest BCUT2D eigenvalue weighted by molar-refractivity contribution is 6.28. The Hall–Kier alpha value is -1.16. The Labute approximate surface area is 61.3 Å². The molecule has 2 aromatic rings. The number of nitrogens with one attached hydrogen (secondary N) is 1. The average molecular weight is 155 g/mol. The lowest BCUT2D eigenvalue weighted by Gasteiger charge is -1.79. The number of nitrogens with zero attached hydrogens (tertiary/aromatic N) is 3. The van der Waals surface area contributed by atoms with Crippen LogP contribution in [0.3, 0.4) is 0 Å². The van der Waals surface area contributed by atoms with Crippen molar-refractivity contribution < 1.29 is 0 Å². The molecule has 0 atom stereocenters. The van der Waals surface area contributed by atoms with Crippen molar-refractivity contribution in [3.8, 4) is 0 Å². The highest BCUT2D eigenvalue weighted by Crippen LogP contribution is 2.08. The lowest BCUT2D eigenvalue weighted by molar-refractivity contribution is 1.20. The van der Waals surface area contributed by atoms with Gasteiger partial charge in [0, 0.05) is 0 Å². The number of H-pyrrole nitrogens is 1. The molecule has 4 nitrogen and oxygen atoms in total. The van der Waals surface area contributed by atoms with E-state index in [1.165, 1.54) is 6.33 Å². The van der Waals surface area contributed by atoms with Crippen LogP contribution in [0.15, 0.2) is 12.5 Å². The van der Waals surface area contributed by atoms with Gasteiger partial charge in [-0.05, 0) is 11.6 Å². The first-order valence-electron chi connectivity index (χ1n) is 2.67. The van der Waals surface area contributed by atoms with Gasteiger partial charge in [0.15, 0.2) is 5.65 Å². The Morgan fingerprint density at radius 2 is 2.40 bits per heavy atom. The van der Waals surface area contributed by atoms with E-state index < -0.39 is 0 Å². The van der Waals surface area contributed by atoms with Crippen LogP contribution >= 0.6 is 11.6 Å². The molecule has 0 radical (unpaired) electrons. The van der Waals surface area contributed by atoms with Crippen LogP contribution in [-0.4, -0.2) is 19.9 Å². The first kappa shape index (κ1) is 5.61. The second-order valence-electron chi connectivity index (χ2n) is 1.79. The molecule has 10 heavy (non-hydrogen) atoms. The Kier molecular flexibility index (Phi) is 1.07. The number of hydrogen-bond acceptors (Lipinski definition) is 3. The molecule has 0 aliphatic rings. The van der Waals surface area contributed by atoms with E-state index in [4.69, 9.17) is 11.6 Å². The molecule has 2 aromatic heterocycles. The summed E-state index contributed by atoms with van der Waals surface area (Å²) in [7, 11) is 0. The quantitative estimate of drug-likeness (QED) is 0.576. The van der Waals surface area contributed by atoms with E-state index in [9.17, 15) is 0 Å². The largest absolute Gasteiger partial charge is 0.326 e. The van der Waals surface area contributed by atoms with Gasteiger partial charge in [-0.25, -0.2) is 9.97 Å². The Balaban J connectivity index is 2.88. The number of fused-ring (bicyclic) bond motifs is 1. The molecule has 0 aliphatic carbocycles. The molecule has 2 heterocycles. The molecule has 0 unspecified atom stereocenters. The maximum absolute atomic E-state index is 5.55. The molecular weight excluding hydrogens is 152 g/mol. The zero-order chi connectivity index (χ0) is 6.97. The number of rotatable bonds is 0. The zero-order valence-electron chi connectivity index (χ0n) is 4.87. The molecule has 5 heteroatoms. The number of hydrogen-bond donors (Lipinski definition) is 1. The molecule has 0 spiro atoms. The SMILES string of the molecule is Clc1nc2ncncc2[nH]1. The van der Waals surface area contributed by atoms with Crippen molar-refractivity contribution in [2.45, 2.75) is 0 Å². The van der Waals surface area contributed by atoms with Crippen molar-refractivity contribution in [2.24, 2.45) is 0 Å². The maximum Gasteiger partial charge on any atom is 0.202 e.